The first-order chi connectivity index (χ1) is 16.7. The number of ether oxygens (including phenoxy) is 1. The first-order valence-electron chi connectivity index (χ1n) is 10.3. The molecule has 0 fully saturated rings. The Balaban J connectivity index is 1.74. The van der Waals surface area contributed by atoms with Crippen LogP contribution < -0.4 is 16.2 Å². The van der Waals surface area contributed by atoms with Gasteiger partial charge in [0.1, 0.15) is 10.6 Å². The van der Waals surface area contributed by atoms with E-state index in [9.17, 15) is 19.2 Å². The number of nitrogens with one attached hydrogen (secondary N) is 2. The molecule has 0 radical (unpaired) electrons. The van der Waals surface area contributed by atoms with Gasteiger partial charge < -0.3 is 15.4 Å². The molecule has 0 aliphatic carbocycles. The van der Waals surface area contributed by atoms with Crippen molar-refractivity contribution in [2.24, 2.45) is 0 Å². The third-order valence-corrected chi connectivity index (χ3v) is 6.34. The molecule has 4 aromatic rings. The molecule has 4 rings (SSSR count). The molecule has 0 aliphatic rings. The molecule has 35 heavy (non-hydrogen) atoms. The van der Waals surface area contributed by atoms with Crippen molar-refractivity contribution < 1.29 is 19.1 Å². The first kappa shape index (κ1) is 24.1. The number of rotatable bonds is 5. The predicted octanol–water partition coefficient (Wildman–Crippen LogP) is 4.32. The fraction of sp³-hybridized carbons (Fsp3) is 0.125. The number of carbonyl (C=O) groups excluding carboxylic acids is 3. The van der Waals surface area contributed by atoms with Crippen LogP contribution in [0.5, 0.6) is 0 Å². The van der Waals surface area contributed by atoms with E-state index in [2.05, 4.69) is 20.4 Å². The number of fused-ring (bicyclic) bond motifs is 1. The zero-order valence-corrected chi connectivity index (χ0v) is 20.4. The Kier molecular flexibility index (Phi) is 6.68. The average Bonchev–Trinajstić information content (AvgIpc) is 3.21. The number of aromatic nitrogens is 2. The van der Waals surface area contributed by atoms with Crippen LogP contribution in [0, 0.1) is 13.8 Å². The number of esters is 1. The van der Waals surface area contributed by atoms with Crippen LogP contribution in [-0.2, 0) is 4.74 Å². The van der Waals surface area contributed by atoms with E-state index in [0.717, 1.165) is 15.7 Å². The summed E-state index contributed by atoms with van der Waals surface area (Å²) in [6.07, 6.45) is 0. The second-order valence-electron chi connectivity index (χ2n) is 7.57. The van der Waals surface area contributed by atoms with Crippen molar-refractivity contribution in [3.8, 4) is 0 Å². The summed E-state index contributed by atoms with van der Waals surface area (Å²) in [5.41, 5.74) is 1.74. The molecule has 0 saturated heterocycles. The SMILES string of the molecule is COC(=O)c1ccc(NC(=O)c2sc3nc(C)cc(=O)n3c2C(=O)Nc2ccc(Cl)cc2C)cc1. The highest BCUT2D eigenvalue weighted by atomic mass is 35.5. The molecule has 2 aromatic carbocycles. The van der Waals surface area contributed by atoms with E-state index < -0.39 is 23.3 Å². The number of halogens is 1. The van der Waals surface area contributed by atoms with Gasteiger partial charge in [0.05, 0.1) is 12.7 Å². The van der Waals surface area contributed by atoms with Gasteiger partial charge in [-0.1, -0.05) is 22.9 Å². The van der Waals surface area contributed by atoms with Crippen molar-refractivity contribution in [1.29, 1.82) is 0 Å². The summed E-state index contributed by atoms with van der Waals surface area (Å²) in [6.45, 7) is 3.43. The van der Waals surface area contributed by atoms with E-state index in [1.165, 1.54) is 37.4 Å². The summed E-state index contributed by atoms with van der Waals surface area (Å²) in [7, 11) is 1.27. The fourth-order valence-corrected chi connectivity index (χ4v) is 4.68. The van der Waals surface area contributed by atoms with Gasteiger partial charge >= 0.3 is 5.97 Å². The lowest BCUT2D eigenvalue weighted by Crippen LogP contribution is -2.25. The standard InChI is InChI=1S/C24H19ClN4O5S/c1-12-10-15(25)6-9-17(12)28-21(31)19-20(35-24-26-13(2)11-18(30)29(19)24)22(32)27-16-7-4-14(5-8-16)23(33)34-3/h4-11H,1-3H3,(H,27,32)(H,28,31). The van der Waals surface area contributed by atoms with Crippen LogP contribution in [-0.4, -0.2) is 34.3 Å². The molecule has 0 spiro atoms. The molecular formula is C24H19ClN4O5S. The predicted molar refractivity (Wildman–Crippen MR) is 134 cm³/mol. The monoisotopic (exact) mass is 510 g/mol. The molecule has 2 aromatic heterocycles. The number of anilines is 2. The lowest BCUT2D eigenvalue weighted by molar-refractivity contribution is 0.0600. The highest BCUT2D eigenvalue weighted by Crippen LogP contribution is 2.26. The Bertz CT molecular complexity index is 1540. The zero-order valence-electron chi connectivity index (χ0n) is 18.8. The Morgan fingerprint density at radius 2 is 1.71 bits per heavy atom. The minimum Gasteiger partial charge on any atom is -0.465 e. The van der Waals surface area contributed by atoms with Crippen molar-refractivity contribution in [3.05, 3.63) is 91.3 Å². The third kappa shape index (κ3) is 4.93. The van der Waals surface area contributed by atoms with Gasteiger partial charge in [-0.25, -0.2) is 14.2 Å². The van der Waals surface area contributed by atoms with Crippen LogP contribution in [0.4, 0.5) is 11.4 Å². The van der Waals surface area contributed by atoms with Gasteiger partial charge in [0.15, 0.2) is 4.96 Å². The topological polar surface area (TPSA) is 119 Å². The van der Waals surface area contributed by atoms with Crippen LogP contribution in [0.1, 0.15) is 41.8 Å². The molecular weight excluding hydrogens is 492 g/mol. The largest absolute Gasteiger partial charge is 0.465 e. The van der Waals surface area contributed by atoms with E-state index in [4.69, 9.17) is 11.6 Å². The minimum atomic E-state index is -0.652. The molecule has 0 atom stereocenters. The zero-order chi connectivity index (χ0) is 25.3. The van der Waals surface area contributed by atoms with E-state index >= 15 is 0 Å². The molecule has 9 nitrogen and oxygen atoms in total. The lowest BCUT2D eigenvalue weighted by atomic mass is 10.2. The molecule has 11 heteroatoms. The minimum absolute atomic E-state index is 0.00126. The molecule has 2 N–H and O–H groups in total. The van der Waals surface area contributed by atoms with Crippen LogP contribution in [0.2, 0.25) is 5.02 Å². The van der Waals surface area contributed by atoms with Crippen LogP contribution in [0.25, 0.3) is 4.96 Å². The van der Waals surface area contributed by atoms with E-state index in [1.807, 2.05) is 0 Å². The number of nitrogens with zero attached hydrogens (tertiary/aromatic N) is 2. The lowest BCUT2D eigenvalue weighted by Gasteiger charge is -2.10. The van der Waals surface area contributed by atoms with Gasteiger partial charge in [0.2, 0.25) is 0 Å². The summed E-state index contributed by atoms with van der Waals surface area (Å²) >= 11 is 6.92. The number of amides is 2. The van der Waals surface area contributed by atoms with E-state index in [-0.39, 0.29) is 15.5 Å². The number of benzene rings is 2. The number of methoxy groups -OCH3 is 1. The van der Waals surface area contributed by atoms with Crippen molar-refractivity contribution in [2.75, 3.05) is 17.7 Å². The quantitative estimate of drug-likeness (QED) is 0.386. The van der Waals surface area contributed by atoms with E-state index in [1.54, 1.807) is 32.0 Å². The maximum absolute atomic E-state index is 13.3. The maximum atomic E-state index is 13.3. The Morgan fingerprint density at radius 1 is 1.00 bits per heavy atom. The Hall–Kier alpha value is -4.02. The van der Waals surface area contributed by atoms with Gasteiger partial charge in [-0.2, -0.15) is 0 Å². The summed E-state index contributed by atoms with van der Waals surface area (Å²) < 4.78 is 5.79. The van der Waals surface area contributed by atoms with Crippen molar-refractivity contribution in [2.45, 2.75) is 13.8 Å². The van der Waals surface area contributed by atoms with Crippen LogP contribution >= 0.6 is 22.9 Å². The number of thiazole rings is 1. The van der Waals surface area contributed by atoms with Gasteiger partial charge in [0, 0.05) is 28.2 Å². The summed E-state index contributed by atoms with van der Waals surface area (Å²) in [5.74, 6) is -1.77. The van der Waals surface area contributed by atoms with Crippen LogP contribution in [0.3, 0.4) is 0 Å². The smallest absolute Gasteiger partial charge is 0.337 e. The molecule has 0 bridgehead atoms. The second kappa shape index (κ2) is 9.69. The van der Waals surface area contributed by atoms with Crippen molar-refractivity contribution in [3.63, 3.8) is 0 Å². The molecule has 2 heterocycles. The van der Waals surface area contributed by atoms with Gasteiger partial charge in [-0.05, 0) is 61.9 Å². The molecule has 0 aliphatic heterocycles. The summed E-state index contributed by atoms with van der Waals surface area (Å²) in [6, 6.07) is 12.3. The maximum Gasteiger partial charge on any atom is 0.337 e. The summed E-state index contributed by atoms with van der Waals surface area (Å²) in [4.78, 5) is 55.5. The van der Waals surface area contributed by atoms with Crippen molar-refractivity contribution in [1.82, 2.24) is 9.38 Å². The fourth-order valence-electron chi connectivity index (χ4n) is 3.39. The summed E-state index contributed by atoms with van der Waals surface area (Å²) in [5, 5.41) is 5.95. The Morgan fingerprint density at radius 3 is 2.37 bits per heavy atom. The van der Waals surface area contributed by atoms with Gasteiger partial charge in [-0.3, -0.25) is 14.4 Å². The van der Waals surface area contributed by atoms with Gasteiger partial charge in [0.25, 0.3) is 17.4 Å². The molecule has 178 valence electrons. The average molecular weight is 511 g/mol. The number of aryl methyl sites for hydroxylation is 2. The number of carbonyl (C=O) groups is 3. The Labute approximate surface area is 208 Å². The van der Waals surface area contributed by atoms with Crippen LogP contribution in [0.15, 0.2) is 53.3 Å². The van der Waals surface area contributed by atoms with Crippen molar-refractivity contribution >= 4 is 57.1 Å². The normalized spacial score (nSPS) is 10.7. The van der Waals surface area contributed by atoms with Gasteiger partial charge in [-0.15, -0.1) is 0 Å². The van der Waals surface area contributed by atoms with E-state index in [0.29, 0.717) is 33.2 Å². The third-order valence-electron chi connectivity index (χ3n) is 5.07. The molecule has 2 amide bonds. The highest BCUT2D eigenvalue weighted by Gasteiger charge is 2.26. The number of hydrogen-bond donors (Lipinski definition) is 2. The molecule has 0 unspecified atom stereocenters. The number of hydrogen-bond acceptors (Lipinski definition) is 7. The highest BCUT2D eigenvalue weighted by molar-refractivity contribution is 7.19. The molecule has 0 saturated carbocycles. The second-order valence-corrected chi connectivity index (χ2v) is 8.98. The first-order valence-corrected chi connectivity index (χ1v) is 11.5.